The molecule has 1 aromatic heterocycles. The fourth-order valence-corrected chi connectivity index (χ4v) is 6.52. The highest BCUT2D eigenvalue weighted by molar-refractivity contribution is 6.32. The number of benzene rings is 4. The third kappa shape index (κ3) is 12.4. The van der Waals surface area contributed by atoms with E-state index in [1.165, 1.54) is 11.1 Å². The van der Waals surface area contributed by atoms with E-state index in [9.17, 15) is 4.79 Å². The zero-order chi connectivity index (χ0) is 37.9. The zero-order valence-electron chi connectivity index (χ0n) is 31.3. The van der Waals surface area contributed by atoms with Crippen molar-refractivity contribution in [2.24, 2.45) is 0 Å². The smallest absolute Gasteiger partial charge is 0.246 e. The highest BCUT2D eigenvalue weighted by atomic mass is 35.5. The lowest BCUT2D eigenvalue weighted by Crippen LogP contribution is -2.47. The van der Waals surface area contributed by atoms with Crippen LogP contribution in [-0.2, 0) is 24.4 Å². The topological polar surface area (TPSA) is 73.4 Å². The summed E-state index contributed by atoms with van der Waals surface area (Å²) >= 11 is 12.9. The van der Waals surface area contributed by atoms with Crippen molar-refractivity contribution in [3.63, 3.8) is 0 Å². The van der Waals surface area contributed by atoms with Gasteiger partial charge in [-0.05, 0) is 97.6 Å². The molecule has 0 aliphatic carbocycles. The summed E-state index contributed by atoms with van der Waals surface area (Å²) in [5, 5.41) is 1.08. The van der Waals surface area contributed by atoms with Crippen molar-refractivity contribution in [1.29, 1.82) is 0 Å². The number of aromatic nitrogens is 1. The number of carbonyl (C=O) groups is 1. The molecule has 1 fully saturated rings. The van der Waals surface area contributed by atoms with Crippen molar-refractivity contribution in [3.8, 4) is 28.9 Å². The van der Waals surface area contributed by atoms with Crippen LogP contribution in [0.5, 0.6) is 28.9 Å². The summed E-state index contributed by atoms with van der Waals surface area (Å²) in [6.07, 6.45) is 5.99. The van der Waals surface area contributed by atoms with Crippen LogP contribution < -0.4 is 18.9 Å². The Morgan fingerprint density at radius 3 is 2.18 bits per heavy atom. The van der Waals surface area contributed by atoms with Crippen molar-refractivity contribution in [2.45, 2.75) is 46.4 Å². The van der Waals surface area contributed by atoms with E-state index in [1.807, 2.05) is 80.3 Å². The molecule has 4 aromatic carbocycles. The van der Waals surface area contributed by atoms with Crippen LogP contribution >= 0.6 is 35.6 Å². The molecule has 1 amide bonds. The molecule has 6 rings (SSSR count). The Bertz CT molecular complexity index is 1990. The van der Waals surface area contributed by atoms with Gasteiger partial charge in [0.05, 0.1) is 23.9 Å². The van der Waals surface area contributed by atoms with Crippen LogP contribution in [0.25, 0.3) is 6.08 Å². The summed E-state index contributed by atoms with van der Waals surface area (Å²) < 4.78 is 23.5. The largest absolute Gasteiger partial charge is 0.493 e. The van der Waals surface area contributed by atoms with E-state index < -0.39 is 0 Å². The third-order valence-electron chi connectivity index (χ3n) is 8.91. The van der Waals surface area contributed by atoms with Crippen LogP contribution in [0.3, 0.4) is 0 Å². The van der Waals surface area contributed by atoms with Gasteiger partial charge in [0.25, 0.3) is 0 Å². The Kier molecular flexibility index (Phi) is 15.3. The van der Waals surface area contributed by atoms with E-state index in [2.05, 4.69) is 34.1 Å². The molecule has 288 valence electrons. The van der Waals surface area contributed by atoms with E-state index in [1.54, 1.807) is 36.5 Å². The molecule has 2 heterocycles. The molecule has 0 unspecified atom stereocenters. The first-order chi connectivity index (χ1) is 26.2. The average molecular weight is 803 g/mol. The highest BCUT2D eigenvalue weighted by Crippen LogP contribution is 2.34. The lowest BCUT2D eigenvalue weighted by molar-refractivity contribution is -0.127. The molecule has 0 spiro atoms. The molecule has 1 aliphatic rings. The number of nitrogens with zero attached hydrogens (tertiary/aromatic N) is 3. The normalized spacial score (nSPS) is 13.1. The number of aryl methyl sites for hydroxylation is 1. The number of rotatable bonds is 15. The molecule has 0 N–H and O–H groups in total. The first-order valence-electron chi connectivity index (χ1n) is 18.2. The number of amides is 1. The molecular weight excluding hydrogens is 757 g/mol. The van der Waals surface area contributed by atoms with Crippen molar-refractivity contribution in [1.82, 2.24) is 14.8 Å². The molecule has 1 saturated heterocycles. The summed E-state index contributed by atoms with van der Waals surface area (Å²) in [4.78, 5) is 21.7. The van der Waals surface area contributed by atoms with Crippen LogP contribution in [0.4, 0.5) is 0 Å². The number of ether oxygens (including phenoxy) is 4. The van der Waals surface area contributed by atoms with Gasteiger partial charge in [0.1, 0.15) is 23.9 Å². The molecular formula is C44H46Cl3N3O5. The Morgan fingerprint density at radius 1 is 0.818 bits per heavy atom. The molecule has 0 bridgehead atoms. The van der Waals surface area contributed by atoms with Crippen molar-refractivity contribution in [2.75, 3.05) is 32.8 Å². The predicted octanol–water partition coefficient (Wildman–Crippen LogP) is 10.3. The summed E-state index contributed by atoms with van der Waals surface area (Å²) in [5.74, 6) is 3.15. The fraction of sp³-hybridized carbons (Fsp3) is 0.273. The SMILES string of the molecule is Cc1cc(C=CC(=O)N2CCN(Cc3ccc(CCOc4ccc(OC(C)C)cc4)cc3)CC2)cc(Cl)c1Oc1ccc(OCc2ccccc2Cl)cn1.Cl. The maximum Gasteiger partial charge on any atom is 0.246 e. The Hall–Kier alpha value is -4.73. The standard InChI is InChI=1S/C44H45Cl2N3O5.ClH/c1-31(2)53-38-15-13-37(14-16-38)51-25-20-33-8-10-34(11-9-33)29-48-21-23-49(24-22-48)43(50)19-12-35-26-32(3)44(41(46)27-35)54-42-18-17-39(28-47-42)52-30-36-6-4-5-7-40(36)45;/h4-19,26-28,31H,20-25,29-30H2,1-3H3;1H. The molecule has 0 radical (unpaired) electrons. The van der Waals surface area contributed by atoms with Crippen LogP contribution in [-0.4, -0.2) is 59.6 Å². The Balaban J connectivity index is 0.00000580. The van der Waals surface area contributed by atoms with Crippen molar-refractivity contribution >= 4 is 47.6 Å². The predicted molar refractivity (Wildman–Crippen MR) is 222 cm³/mol. The molecule has 1 aliphatic heterocycles. The maximum absolute atomic E-state index is 13.1. The van der Waals surface area contributed by atoms with E-state index in [0.29, 0.717) is 53.7 Å². The average Bonchev–Trinajstić information content (AvgIpc) is 3.17. The van der Waals surface area contributed by atoms with Crippen molar-refractivity contribution in [3.05, 3.63) is 147 Å². The first kappa shape index (κ1) is 41.4. The number of piperazine rings is 1. The minimum Gasteiger partial charge on any atom is -0.493 e. The van der Waals surface area contributed by atoms with E-state index in [0.717, 1.165) is 54.2 Å². The van der Waals surface area contributed by atoms with Crippen LogP contribution in [0.1, 0.15) is 41.7 Å². The van der Waals surface area contributed by atoms with Gasteiger partial charge in [0.2, 0.25) is 11.8 Å². The monoisotopic (exact) mass is 801 g/mol. The number of carbonyl (C=O) groups excluding carboxylic acids is 1. The first-order valence-corrected chi connectivity index (χ1v) is 18.9. The summed E-state index contributed by atoms with van der Waals surface area (Å²) in [7, 11) is 0. The molecule has 0 saturated carbocycles. The van der Waals surface area contributed by atoms with Crippen molar-refractivity contribution < 1.29 is 23.7 Å². The quantitative estimate of drug-likeness (QED) is 0.0976. The van der Waals surface area contributed by atoms with Crippen LogP contribution in [0.2, 0.25) is 10.0 Å². The van der Waals surface area contributed by atoms with Gasteiger partial charge in [-0.1, -0.05) is 65.7 Å². The third-order valence-corrected chi connectivity index (χ3v) is 9.56. The summed E-state index contributed by atoms with van der Waals surface area (Å²) in [5.41, 5.74) is 5.02. The van der Waals surface area contributed by atoms with E-state index >= 15 is 0 Å². The molecule has 11 heteroatoms. The maximum atomic E-state index is 13.1. The Labute approximate surface area is 340 Å². The van der Waals surface area contributed by atoms with Crippen LogP contribution in [0.15, 0.2) is 109 Å². The Morgan fingerprint density at radius 2 is 1.51 bits per heavy atom. The van der Waals surface area contributed by atoms with Gasteiger partial charge in [0, 0.05) is 61.9 Å². The summed E-state index contributed by atoms with van der Waals surface area (Å²) in [6, 6.07) is 31.2. The lowest BCUT2D eigenvalue weighted by Gasteiger charge is -2.34. The van der Waals surface area contributed by atoms with E-state index in [-0.39, 0.29) is 24.4 Å². The van der Waals surface area contributed by atoms with Gasteiger partial charge in [-0.3, -0.25) is 9.69 Å². The zero-order valence-corrected chi connectivity index (χ0v) is 33.6. The molecule has 8 nitrogen and oxygen atoms in total. The van der Waals surface area contributed by atoms with Gasteiger partial charge in [-0.25, -0.2) is 4.98 Å². The van der Waals surface area contributed by atoms with Gasteiger partial charge < -0.3 is 23.8 Å². The van der Waals surface area contributed by atoms with Gasteiger partial charge in [-0.2, -0.15) is 0 Å². The number of pyridine rings is 1. The number of hydrogen-bond acceptors (Lipinski definition) is 7. The number of hydrogen-bond donors (Lipinski definition) is 0. The lowest BCUT2D eigenvalue weighted by atomic mass is 10.1. The molecule has 5 aromatic rings. The minimum absolute atomic E-state index is 0. The molecule has 55 heavy (non-hydrogen) atoms. The van der Waals surface area contributed by atoms with Gasteiger partial charge in [-0.15, -0.1) is 12.4 Å². The highest BCUT2D eigenvalue weighted by Gasteiger charge is 2.20. The second-order valence-electron chi connectivity index (χ2n) is 13.5. The van der Waals surface area contributed by atoms with Crippen LogP contribution in [0, 0.1) is 6.92 Å². The van der Waals surface area contributed by atoms with Gasteiger partial charge in [0.15, 0.2) is 5.75 Å². The van der Waals surface area contributed by atoms with E-state index in [4.69, 9.17) is 42.1 Å². The second kappa shape index (κ2) is 20.3. The summed E-state index contributed by atoms with van der Waals surface area (Å²) in [6.45, 7) is 10.7. The minimum atomic E-state index is -0.0174. The number of halogens is 3. The van der Waals surface area contributed by atoms with Gasteiger partial charge >= 0.3 is 0 Å². The molecule has 0 atom stereocenters. The fourth-order valence-electron chi connectivity index (χ4n) is 6.02. The second-order valence-corrected chi connectivity index (χ2v) is 14.3.